The van der Waals surface area contributed by atoms with Crippen LogP contribution >= 0.6 is 15.9 Å². The average molecular weight is 1970 g/mol. The van der Waals surface area contributed by atoms with Gasteiger partial charge in [0, 0.05) is 146 Å². The first-order valence-electron chi connectivity index (χ1n) is 50.4. The molecule has 2 aliphatic heterocycles. The maximum atomic E-state index is 4.51. The predicted octanol–water partition coefficient (Wildman–Crippen LogP) is 38.8. The van der Waals surface area contributed by atoms with E-state index in [0.717, 1.165) is 124 Å². The normalized spacial score (nSPS) is 11.6. The summed E-state index contributed by atoms with van der Waals surface area (Å²) >= 11 is 3.49. The number of anilines is 17. The van der Waals surface area contributed by atoms with Crippen LogP contribution in [-0.4, -0.2) is 19.1 Å². The van der Waals surface area contributed by atoms with E-state index in [1.165, 1.54) is 121 Å². The van der Waals surface area contributed by atoms with E-state index in [1.807, 2.05) is 49.1 Å². The number of nitrogens with one attached hydrogen (secondary N) is 1. The van der Waals surface area contributed by atoms with Crippen LogP contribution < -0.4 is 29.8 Å². The third kappa shape index (κ3) is 16.9. The van der Waals surface area contributed by atoms with Crippen LogP contribution in [0.15, 0.2) is 575 Å². The molecule has 26 aromatic rings. The number of hydrogen-bond acceptors (Lipinski definition) is 8. The van der Waals surface area contributed by atoms with Gasteiger partial charge in [-0.2, -0.15) is 0 Å². The van der Waals surface area contributed by atoms with Crippen LogP contribution in [0.25, 0.3) is 143 Å². The van der Waals surface area contributed by atoms with Crippen LogP contribution in [-0.2, 0) is 0 Å². The molecule has 0 saturated heterocycles. The number of aromatic nitrogens is 4. The molecule has 0 fully saturated rings. The zero-order chi connectivity index (χ0) is 99.0. The van der Waals surface area contributed by atoms with E-state index in [9.17, 15) is 0 Å². The van der Waals surface area contributed by atoms with Gasteiger partial charge in [-0.05, 0) is 333 Å². The van der Waals surface area contributed by atoms with Crippen molar-refractivity contribution < 1.29 is 0 Å². The molecule has 0 bridgehead atoms. The van der Waals surface area contributed by atoms with Crippen molar-refractivity contribution in [3.8, 4) is 78.1 Å². The molecule has 0 aliphatic carbocycles. The topological polar surface area (TPSA) is 63.9 Å². The number of hydrogen-bond donors (Lipinski definition) is 1. The van der Waals surface area contributed by atoms with Crippen LogP contribution in [0.2, 0.25) is 0 Å². The van der Waals surface area contributed by atoms with Crippen LogP contribution in [0, 0.1) is 0 Å². The number of benzene rings is 22. The number of para-hydroxylation sites is 10. The molecule has 2 aliphatic rings. The predicted molar refractivity (Wildman–Crippen MR) is 629 cm³/mol. The van der Waals surface area contributed by atoms with E-state index in [2.05, 4.69) is 587 Å². The fraction of sp³-hybridized carbons (Fsp3) is 0. The van der Waals surface area contributed by atoms with Gasteiger partial charge in [0.15, 0.2) is 0 Å². The zero-order valence-corrected chi connectivity index (χ0v) is 82.8. The van der Waals surface area contributed by atoms with Gasteiger partial charge in [0.1, 0.15) is 0 Å². The number of nitrogens with zero attached hydrogens (tertiary/aromatic N) is 9. The lowest BCUT2D eigenvalue weighted by molar-refractivity contribution is 1.18. The minimum atomic E-state index is 0.999. The van der Waals surface area contributed by atoms with E-state index in [4.69, 9.17) is 0 Å². The Bertz CT molecular complexity index is 9260. The van der Waals surface area contributed by atoms with Gasteiger partial charge in [0.25, 0.3) is 0 Å². The maximum absolute atomic E-state index is 4.51. The molecule has 149 heavy (non-hydrogen) atoms. The average Bonchev–Trinajstić information content (AvgIpc) is 1.00. The first-order chi connectivity index (χ1) is 73.9. The maximum Gasteiger partial charge on any atom is 0.0644 e. The molecule has 704 valence electrons. The molecule has 28 rings (SSSR count). The third-order valence-corrected chi connectivity index (χ3v) is 29.2. The van der Waals surface area contributed by atoms with Gasteiger partial charge >= 0.3 is 0 Å². The largest absolute Gasteiger partial charge is 0.354 e. The minimum absolute atomic E-state index is 0.999. The van der Waals surface area contributed by atoms with Gasteiger partial charge in [-0.3, -0.25) is 9.97 Å². The molecule has 1 N–H and O–H groups in total. The van der Waals surface area contributed by atoms with Gasteiger partial charge in [0.05, 0.1) is 57.2 Å². The van der Waals surface area contributed by atoms with Crippen molar-refractivity contribution in [3.05, 3.63) is 575 Å². The SMILES string of the molecule is Brc1ccc(N(c2ccccc2)c2ccccc2)cc1.c1ccc(N(c2ccccc2)c2ccc(N3c4ccc(-c5cccc(N(c6ccccc6)c6cccnc6)c5)cc4-c4cccc5c(-c6ccc7c(c6)c6ccccc6n7-c6ccccc6)ccc3c45)cc2)cc1.c1ccc(N(c2cccnc2)c2cccc(-c3ccc4c(c3)-c3cccc5c(-c6ccc7c(c6)c6ccccc6n7-c6ccccc6)ccc(c35)N4)c2)cc1. The highest BCUT2D eigenvalue weighted by molar-refractivity contribution is 9.10. The van der Waals surface area contributed by atoms with E-state index in [0.29, 0.717) is 0 Å². The summed E-state index contributed by atoms with van der Waals surface area (Å²) in [5, 5.41) is 13.7. The Morgan fingerprint density at radius 3 is 0.980 bits per heavy atom. The molecule has 6 heterocycles. The van der Waals surface area contributed by atoms with Crippen molar-refractivity contribution >= 4 is 178 Å². The number of rotatable bonds is 19. The van der Waals surface area contributed by atoms with Crippen LogP contribution in [0.3, 0.4) is 0 Å². The molecule has 0 radical (unpaired) electrons. The smallest absolute Gasteiger partial charge is 0.0644 e. The summed E-state index contributed by atoms with van der Waals surface area (Å²) in [5.41, 5.74) is 40.0. The Labute approximate surface area is 873 Å². The highest BCUT2D eigenvalue weighted by Crippen LogP contribution is 2.56. The second kappa shape index (κ2) is 39.3. The summed E-state index contributed by atoms with van der Waals surface area (Å²) in [4.78, 5) is 20.5. The highest BCUT2D eigenvalue weighted by atomic mass is 79.9. The van der Waals surface area contributed by atoms with Crippen molar-refractivity contribution in [1.29, 1.82) is 0 Å². The first-order valence-corrected chi connectivity index (χ1v) is 51.2. The van der Waals surface area contributed by atoms with Gasteiger partial charge in [0.2, 0.25) is 0 Å². The third-order valence-electron chi connectivity index (χ3n) is 28.6. The molecule has 0 spiro atoms. The summed E-state index contributed by atoms with van der Waals surface area (Å²) in [6.07, 6.45) is 7.48. The lowest BCUT2D eigenvalue weighted by Crippen LogP contribution is -2.16. The van der Waals surface area contributed by atoms with Gasteiger partial charge < -0.3 is 39.0 Å². The lowest BCUT2D eigenvalue weighted by Gasteiger charge is -2.35. The van der Waals surface area contributed by atoms with E-state index in [-0.39, 0.29) is 0 Å². The molecule has 0 saturated carbocycles. The second-order valence-electron chi connectivity index (χ2n) is 37.4. The number of pyridine rings is 2. The summed E-state index contributed by atoms with van der Waals surface area (Å²) in [5.74, 6) is 0. The molecule has 4 aromatic heterocycles. The van der Waals surface area contributed by atoms with Gasteiger partial charge in [-0.15, -0.1) is 0 Å². The second-order valence-corrected chi connectivity index (χ2v) is 38.3. The summed E-state index contributed by atoms with van der Waals surface area (Å²) in [7, 11) is 0. The number of halogens is 1. The quantitative estimate of drug-likeness (QED) is 0.0859. The molecule has 11 heteroatoms. The van der Waals surface area contributed by atoms with Crippen molar-refractivity contribution in [2.24, 2.45) is 0 Å². The van der Waals surface area contributed by atoms with Crippen molar-refractivity contribution in [3.63, 3.8) is 0 Å². The molecule has 0 unspecified atom stereocenters. The Hall–Kier alpha value is -19.5. The van der Waals surface area contributed by atoms with Crippen LogP contribution in [0.1, 0.15) is 0 Å². The summed E-state index contributed by atoms with van der Waals surface area (Å²) < 4.78 is 5.84. The standard InChI is InChI=1S/C69H47N5.C51H34N4.C18H14BrN/c1-5-19-51(20-6-1)71(52-21-7-2-8-22-52)55-35-37-56(38-36-55)74-67-40-33-49(48-18-15-27-57(44-48)72(53-23-9-3-10-24-53)58-28-17-43-70-47-58)45-64(67)62-31-16-30-61-59(39-42-68(74)69(61)62)50-34-41-66-63(46-50)60-29-13-14-32-65(60)73(66)54-25-11-4-12-26-54;1-3-13-37(14-4-1)54(40-18-11-29-52-33-40)39-17-9-12-34(30-39)35-23-26-47-45(31-35)44-21-10-20-43-41(25-27-48(53-47)51(43)44)36-24-28-50-46(32-36)42-19-7-8-22-49(42)55(50)38-15-5-2-6-16-38;19-15-11-13-18(14-12-15)20(16-7-3-1-4-8-16)17-9-5-2-6-10-17/h1-47H;1-33,53H;1-14H. The fourth-order valence-electron chi connectivity index (χ4n) is 22.0. The molecule has 0 amide bonds. The number of fused-ring (bicyclic) bond motifs is 10. The summed E-state index contributed by atoms with van der Waals surface area (Å²) in [6.45, 7) is 0. The molecular weight excluding hydrogens is 1880 g/mol. The minimum Gasteiger partial charge on any atom is -0.354 e. The first kappa shape index (κ1) is 89.6. The monoisotopic (exact) mass is 1970 g/mol. The Morgan fingerprint density at radius 2 is 0.523 bits per heavy atom. The van der Waals surface area contributed by atoms with E-state index >= 15 is 0 Å². The molecule has 22 aromatic carbocycles. The van der Waals surface area contributed by atoms with Crippen molar-refractivity contribution in [2.75, 3.05) is 29.8 Å². The fourth-order valence-corrected chi connectivity index (χ4v) is 22.2. The molecular formula is C138H95BrN10. The van der Waals surface area contributed by atoms with E-state index < -0.39 is 0 Å². The van der Waals surface area contributed by atoms with Crippen molar-refractivity contribution in [1.82, 2.24) is 19.1 Å². The molecule has 0 atom stereocenters. The lowest BCUT2D eigenvalue weighted by atomic mass is 9.86. The van der Waals surface area contributed by atoms with Crippen molar-refractivity contribution in [2.45, 2.75) is 0 Å². The van der Waals surface area contributed by atoms with Gasteiger partial charge in [-0.1, -0.05) is 295 Å². The Kier molecular flexibility index (Phi) is 23.7. The van der Waals surface area contributed by atoms with Crippen LogP contribution in [0.5, 0.6) is 0 Å². The zero-order valence-electron chi connectivity index (χ0n) is 81.2. The summed E-state index contributed by atoms with van der Waals surface area (Å²) in [6, 6.07) is 196. The van der Waals surface area contributed by atoms with Gasteiger partial charge in [-0.25, -0.2) is 0 Å². The van der Waals surface area contributed by atoms with Crippen LogP contribution in [0.4, 0.5) is 96.7 Å². The Balaban J connectivity index is 0.000000130. The van der Waals surface area contributed by atoms with E-state index in [1.54, 1.807) is 0 Å². The molecule has 10 nitrogen and oxygen atoms in total. The highest BCUT2D eigenvalue weighted by Gasteiger charge is 2.31. The Morgan fingerprint density at radius 1 is 0.188 bits per heavy atom.